The summed E-state index contributed by atoms with van der Waals surface area (Å²) in [7, 11) is 0. The molecule has 1 aromatic heterocycles. The Bertz CT molecular complexity index is 784. The molecule has 2 rings (SSSR count). The highest BCUT2D eigenvalue weighted by atomic mass is 16.5. The molecule has 5 heteroatoms. The highest BCUT2D eigenvalue weighted by molar-refractivity contribution is 5.97. The molecule has 0 bridgehead atoms. The molecule has 0 saturated carbocycles. The molecule has 1 heterocycles. The van der Waals surface area contributed by atoms with Gasteiger partial charge in [-0.25, -0.2) is 4.79 Å². The summed E-state index contributed by atoms with van der Waals surface area (Å²) in [5.74, 6) is -0.786. The third kappa shape index (κ3) is 4.15. The van der Waals surface area contributed by atoms with Crippen LogP contribution >= 0.6 is 0 Å². The summed E-state index contributed by atoms with van der Waals surface area (Å²) in [6.07, 6.45) is 1.65. The van der Waals surface area contributed by atoms with E-state index in [2.05, 4.69) is 5.32 Å². The van der Waals surface area contributed by atoms with Gasteiger partial charge in [0.2, 0.25) is 0 Å². The van der Waals surface area contributed by atoms with E-state index in [-0.39, 0.29) is 12.5 Å². The molecule has 5 nitrogen and oxygen atoms in total. The number of para-hydroxylation sites is 1. The number of ether oxygens (including phenoxy) is 1. The van der Waals surface area contributed by atoms with Crippen LogP contribution in [0, 0.1) is 13.8 Å². The molecule has 0 saturated heterocycles. The maximum absolute atomic E-state index is 12.3. The van der Waals surface area contributed by atoms with Gasteiger partial charge in [-0.05, 0) is 50.8 Å². The number of rotatable bonds is 7. The van der Waals surface area contributed by atoms with Gasteiger partial charge in [-0.3, -0.25) is 4.79 Å². The Labute approximate surface area is 155 Å². The molecule has 0 fully saturated rings. The van der Waals surface area contributed by atoms with Crippen molar-refractivity contribution >= 4 is 17.6 Å². The van der Waals surface area contributed by atoms with Gasteiger partial charge in [0.15, 0.2) is 6.61 Å². The number of hydrogen-bond acceptors (Lipinski definition) is 3. The first-order valence-electron chi connectivity index (χ1n) is 9.17. The molecule has 1 aromatic carbocycles. The zero-order valence-corrected chi connectivity index (χ0v) is 16.3. The van der Waals surface area contributed by atoms with Crippen molar-refractivity contribution in [2.75, 3.05) is 11.9 Å². The fraction of sp³-hybridized carbons (Fsp3) is 0.429. The second-order valence-electron chi connectivity index (χ2n) is 6.31. The van der Waals surface area contributed by atoms with Gasteiger partial charge >= 0.3 is 5.97 Å². The molecule has 0 aliphatic rings. The summed E-state index contributed by atoms with van der Waals surface area (Å²) >= 11 is 0. The lowest BCUT2D eigenvalue weighted by atomic mass is 10.0. The predicted molar refractivity (Wildman–Crippen MR) is 104 cm³/mol. The van der Waals surface area contributed by atoms with Crippen LogP contribution in [0.25, 0.3) is 0 Å². The van der Waals surface area contributed by atoms with E-state index in [9.17, 15) is 9.59 Å². The first kappa shape index (κ1) is 19.8. The summed E-state index contributed by atoms with van der Waals surface area (Å²) in [5, 5.41) is 2.91. The van der Waals surface area contributed by atoms with E-state index >= 15 is 0 Å². The molecule has 140 valence electrons. The SMILES string of the molecule is CCc1cccc(CC)c1NC(=O)COC(=O)c1cc(C)n(CC)c1C. The molecule has 0 radical (unpaired) electrons. The van der Waals surface area contributed by atoms with E-state index < -0.39 is 5.97 Å². The lowest BCUT2D eigenvalue weighted by molar-refractivity contribution is -0.119. The van der Waals surface area contributed by atoms with Crippen LogP contribution in [-0.4, -0.2) is 23.1 Å². The number of aromatic nitrogens is 1. The summed E-state index contributed by atoms with van der Waals surface area (Å²) in [4.78, 5) is 24.6. The number of hydrogen-bond donors (Lipinski definition) is 1. The Balaban J connectivity index is 2.05. The Morgan fingerprint density at radius 2 is 1.69 bits per heavy atom. The van der Waals surface area contributed by atoms with Crippen LogP contribution in [0.1, 0.15) is 53.6 Å². The lowest BCUT2D eigenvalue weighted by Crippen LogP contribution is -2.22. The van der Waals surface area contributed by atoms with Crippen molar-refractivity contribution in [1.82, 2.24) is 4.57 Å². The topological polar surface area (TPSA) is 60.3 Å². The van der Waals surface area contributed by atoms with E-state index in [1.54, 1.807) is 6.07 Å². The van der Waals surface area contributed by atoms with Gasteiger partial charge in [0, 0.05) is 23.6 Å². The molecule has 0 aliphatic heterocycles. The van der Waals surface area contributed by atoms with Gasteiger partial charge in [0.05, 0.1) is 5.56 Å². The minimum absolute atomic E-state index is 0.296. The van der Waals surface area contributed by atoms with Crippen LogP contribution < -0.4 is 5.32 Å². The molecule has 0 spiro atoms. The second-order valence-corrected chi connectivity index (χ2v) is 6.31. The average molecular weight is 356 g/mol. The molecule has 1 amide bonds. The molecule has 1 N–H and O–H groups in total. The minimum atomic E-state index is -0.465. The molecule has 0 atom stereocenters. The predicted octanol–water partition coefficient (Wildman–Crippen LogP) is 4.05. The number of amides is 1. The van der Waals surface area contributed by atoms with Crippen molar-refractivity contribution in [3.8, 4) is 0 Å². The van der Waals surface area contributed by atoms with E-state index in [1.807, 2.05) is 57.4 Å². The standard InChI is InChI=1S/C21H28N2O3/c1-6-16-10-9-11-17(7-2)20(16)22-19(24)13-26-21(25)18-12-14(4)23(8-3)15(18)5/h9-12H,6-8,13H2,1-5H3,(H,22,24). The van der Waals surface area contributed by atoms with Gasteiger partial charge in [0.25, 0.3) is 5.91 Å². The minimum Gasteiger partial charge on any atom is -0.452 e. The van der Waals surface area contributed by atoms with Crippen molar-refractivity contribution in [2.45, 2.75) is 54.0 Å². The molecule has 26 heavy (non-hydrogen) atoms. The molecular weight excluding hydrogens is 328 g/mol. The van der Waals surface area contributed by atoms with Gasteiger partial charge in [-0.15, -0.1) is 0 Å². The number of esters is 1. The van der Waals surface area contributed by atoms with Crippen molar-refractivity contribution < 1.29 is 14.3 Å². The maximum atomic E-state index is 12.3. The largest absolute Gasteiger partial charge is 0.452 e. The van der Waals surface area contributed by atoms with Crippen LogP contribution in [0.5, 0.6) is 0 Å². The number of nitrogens with zero attached hydrogens (tertiary/aromatic N) is 1. The van der Waals surface area contributed by atoms with Crippen molar-refractivity contribution in [1.29, 1.82) is 0 Å². The third-order valence-corrected chi connectivity index (χ3v) is 4.71. The fourth-order valence-corrected chi connectivity index (χ4v) is 3.28. The highest BCUT2D eigenvalue weighted by Crippen LogP contribution is 2.22. The molecule has 0 unspecified atom stereocenters. The summed E-state index contributed by atoms with van der Waals surface area (Å²) < 4.78 is 7.28. The summed E-state index contributed by atoms with van der Waals surface area (Å²) in [5.41, 5.74) is 5.37. The molecule has 2 aromatic rings. The van der Waals surface area contributed by atoms with Crippen LogP contribution in [0.15, 0.2) is 24.3 Å². The Morgan fingerprint density at radius 3 is 2.19 bits per heavy atom. The van der Waals surface area contributed by atoms with Gasteiger partial charge in [-0.1, -0.05) is 32.0 Å². The van der Waals surface area contributed by atoms with Crippen molar-refractivity contribution in [3.63, 3.8) is 0 Å². The number of nitrogens with one attached hydrogen (secondary N) is 1. The Morgan fingerprint density at radius 1 is 1.08 bits per heavy atom. The molecular formula is C21H28N2O3. The first-order valence-corrected chi connectivity index (χ1v) is 9.17. The smallest absolute Gasteiger partial charge is 0.340 e. The monoisotopic (exact) mass is 356 g/mol. The van der Waals surface area contributed by atoms with Gasteiger partial charge < -0.3 is 14.6 Å². The van der Waals surface area contributed by atoms with Crippen LogP contribution in [0.3, 0.4) is 0 Å². The second kappa shape index (κ2) is 8.70. The van der Waals surface area contributed by atoms with Crippen LogP contribution in [0.2, 0.25) is 0 Å². The lowest BCUT2D eigenvalue weighted by Gasteiger charge is -2.14. The Hall–Kier alpha value is -2.56. The van der Waals surface area contributed by atoms with E-state index in [4.69, 9.17) is 4.74 Å². The quantitative estimate of drug-likeness (QED) is 0.762. The number of benzene rings is 1. The Kier molecular flexibility index (Phi) is 6.61. The number of aryl methyl sites for hydroxylation is 3. The first-order chi connectivity index (χ1) is 12.4. The van der Waals surface area contributed by atoms with Gasteiger partial charge in [-0.2, -0.15) is 0 Å². The van der Waals surface area contributed by atoms with Gasteiger partial charge in [0.1, 0.15) is 0 Å². The van der Waals surface area contributed by atoms with Crippen LogP contribution in [-0.2, 0) is 28.9 Å². The molecule has 0 aliphatic carbocycles. The van der Waals surface area contributed by atoms with E-state index in [0.29, 0.717) is 5.56 Å². The third-order valence-electron chi connectivity index (χ3n) is 4.71. The average Bonchev–Trinajstić information content (AvgIpc) is 2.93. The van der Waals surface area contributed by atoms with Crippen molar-refractivity contribution in [3.05, 3.63) is 52.3 Å². The summed E-state index contributed by atoms with van der Waals surface area (Å²) in [6.45, 7) is 10.5. The van der Waals surface area contributed by atoms with Crippen LogP contribution in [0.4, 0.5) is 5.69 Å². The number of anilines is 1. The van der Waals surface area contributed by atoms with E-state index in [1.165, 1.54) is 0 Å². The van der Waals surface area contributed by atoms with Crippen molar-refractivity contribution in [2.24, 2.45) is 0 Å². The number of carbonyl (C=O) groups excluding carboxylic acids is 2. The van der Waals surface area contributed by atoms with E-state index in [0.717, 1.165) is 47.6 Å². The fourth-order valence-electron chi connectivity index (χ4n) is 3.28. The highest BCUT2D eigenvalue weighted by Gasteiger charge is 2.18. The maximum Gasteiger partial charge on any atom is 0.340 e. The zero-order valence-electron chi connectivity index (χ0n) is 16.3. The zero-order chi connectivity index (χ0) is 19.3. The summed E-state index contributed by atoms with van der Waals surface area (Å²) in [6, 6.07) is 7.80. The normalized spacial score (nSPS) is 10.7. The number of carbonyl (C=O) groups is 2.